The molecule has 0 aromatic heterocycles. The van der Waals surface area contributed by atoms with Gasteiger partial charge in [0, 0.05) is 11.8 Å². The fourth-order valence-electron chi connectivity index (χ4n) is 0.672. The smallest absolute Gasteiger partial charge is 0.335 e. The van der Waals surface area contributed by atoms with Crippen LogP contribution in [0.5, 0.6) is 0 Å². The Balaban J connectivity index is 2.83. The van der Waals surface area contributed by atoms with E-state index in [-0.39, 0.29) is 10.7 Å². The van der Waals surface area contributed by atoms with Gasteiger partial charge < -0.3 is 5.11 Å². The predicted molar refractivity (Wildman–Crippen MR) is 42.2 cm³/mol. The Morgan fingerprint density at radius 1 is 1.73 bits per heavy atom. The molecule has 5 heteroatoms. The number of carboxylic acid groups (broad SMARTS) is 1. The van der Waals surface area contributed by atoms with Crippen molar-refractivity contribution in [1.82, 2.24) is 4.42 Å². The summed E-state index contributed by atoms with van der Waals surface area (Å²) in [5.41, 5.74) is 0.173. The van der Waals surface area contributed by atoms with Crippen LogP contribution in [0.15, 0.2) is 22.9 Å². The van der Waals surface area contributed by atoms with Crippen molar-refractivity contribution in [3.05, 3.63) is 22.9 Å². The van der Waals surface area contributed by atoms with Crippen molar-refractivity contribution in [3.63, 3.8) is 0 Å². The molecule has 11 heavy (non-hydrogen) atoms. The minimum absolute atomic E-state index is 0.173. The molecule has 0 amide bonds. The van der Waals surface area contributed by atoms with E-state index in [2.05, 4.69) is 0 Å². The minimum atomic E-state index is -0.993. The molecule has 0 aromatic rings. The van der Waals surface area contributed by atoms with Gasteiger partial charge in [0.05, 0.1) is 12.1 Å². The van der Waals surface area contributed by atoms with Crippen LogP contribution in [0, 0.1) is 0 Å². The van der Waals surface area contributed by atoms with Crippen molar-refractivity contribution in [2.75, 3.05) is 6.54 Å². The maximum atomic E-state index is 10.4. The van der Waals surface area contributed by atoms with Crippen LogP contribution in [-0.4, -0.2) is 22.0 Å². The Morgan fingerprint density at radius 3 is 2.82 bits per heavy atom. The fourth-order valence-corrected chi connectivity index (χ4v) is 0.976. The van der Waals surface area contributed by atoms with Gasteiger partial charge in [-0.25, -0.2) is 4.79 Å². The summed E-state index contributed by atoms with van der Waals surface area (Å²) < 4.78 is 1.23. The minimum Gasteiger partial charge on any atom is -0.478 e. The lowest BCUT2D eigenvalue weighted by molar-refractivity contribution is -0.132. The third-order valence-electron chi connectivity index (χ3n) is 1.22. The van der Waals surface area contributed by atoms with Gasteiger partial charge in [-0.3, -0.25) is 4.42 Å². The summed E-state index contributed by atoms with van der Waals surface area (Å²) in [6.07, 6.45) is 2.79. The molecule has 1 heterocycles. The van der Waals surface area contributed by atoms with E-state index in [4.69, 9.17) is 28.5 Å². The van der Waals surface area contributed by atoms with E-state index in [1.54, 1.807) is 0 Å². The summed E-state index contributed by atoms with van der Waals surface area (Å²) in [6, 6.07) is 0. The Bertz CT molecular complexity index is 247. The number of carbonyl (C=O) groups is 1. The predicted octanol–water partition coefficient (Wildman–Crippen LogP) is 1.55. The van der Waals surface area contributed by atoms with E-state index in [0.717, 1.165) is 0 Å². The Morgan fingerprint density at radius 2 is 2.36 bits per heavy atom. The zero-order valence-corrected chi connectivity index (χ0v) is 6.93. The molecule has 0 aliphatic carbocycles. The van der Waals surface area contributed by atoms with Crippen LogP contribution >= 0.6 is 23.4 Å². The summed E-state index contributed by atoms with van der Waals surface area (Å²) >= 11 is 11.1. The van der Waals surface area contributed by atoms with Gasteiger partial charge in [0.15, 0.2) is 0 Å². The molecule has 0 aromatic carbocycles. The molecule has 0 saturated heterocycles. The molecular weight excluding hydrogens is 189 g/mol. The van der Waals surface area contributed by atoms with Gasteiger partial charge in [-0.2, -0.15) is 0 Å². The normalized spacial score (nSPS) is 17.5. The Labute approximate surface area is 73.6 Å². The number of hydrogen-bond acceptors (Lipinski definition) is 2. The highest BCUT2D eigenvalue weighted by molar-refractivity contribution is 6.33. The van der Waals surface area contributed by atoms with Crippen LogP contribution in [-0.2, 0) is 4.79 Å². The lowest BCUT2D eigenvalue weighted by Crippen LogP contribution is -2.15. The first-order chi connectivity index (χ1) is 5.11. The lowest BCUT2D eigenvalue weighted by atomic mass is 10.2. The molecule has 0 spiro atoms. The van der Waals surface area contributed by atoms with Gasteiger partial charge in [-0.15, -0.1) is 0 Å². The summed E-state index contributed by atoms with van der Waals surface area (Å²) in [7, 11) is 0. The van der Waals surface area contributed by atoms with Crippen molar-refractivity contribution in [2.24, 2.45) is 0 Å². The van der Waals surface area contributed by atoms with Gasteiger partial charge in [0.2, 0.25) is 0 Å². The topological polar surface area (TPSA) is 40.5 Å². The van der Waals surface area contributed by atoms with E-state index in [9.17, 15) is 4.79 Å². The van der Waals surface area contributed by atoms with Crippen molar-refractivity contribution in [3.8, 4) is 0 Å². The van der Waals surface area contributed by atoms with Gasteiger partial charge in [0.25, 0.3) is 0 Å². The van der Waals surface area contributed by atoms with Gasteiger partial charge >= 0.3 is 5.97 Å². The number of halogens is 2. The second-order valence-electron chi connectivity index (χ2n) is 1.98. The first-order valence-electron chi connectivity index (χ1n) is 2.85. The molecule has 3 nitrogen and oxygen atoms in total. The maximum absolute atomic E-state index is 10.4. The molecule has 0 saturated carbocycles. The van der Waals surface area contributed by atoms with Gasteiger partial charge in [0.1, 0.15) is 5.16 Å². The Kier molecular flexibility index (Phi) is 2.42. The first-order valence-corrected chi connectivity index (χ1v) is 3.57. The molecule has 60 valence electrons. The third kappa shape index (κ3) is 1.88. The highest BCUT2D eigenvalue weighted by Crippen LogP contribution is 2.19. The van der Waals surface area contributed by atoms with E-state index in [1.165, 1.54) is 16.6 Å². The average Bonchev–Trinajstić information content (AvgIpc) is 1.94. The molecule has 1 rings (SSSR count). The summed E-state index contributed by atoms with van der Waals surface area (Å²) in [5, 5.41) is 8.74. The van der Waals surface area contributed by atoms with Crippen LogP contribution < -0.4 is 0 Å². The zero-order valence-electron chi connectivity index (χ0n) is 5.42. The highest BCUT2D eigenvalue weighted by Gasteiger charge is 2.13. The maximum Gasteiger partial charge on any atom is 0.335 e. The van der Waals surface area contributed by atoms with Crippen molar-refractivity contribution < 1.29 is 9.90 Å². The van der Waals surface area contributed by atoms with Crippen LogP contribution in [0.1, 0.15) is 0 Å². The summed E-state index contributed by atoms with van der Waals surface area (Å²) in [6.45, 7) is 0.318. The van der Waals surface area contributed by atoms with E-state index in [1.807, 2.05) is 0 Å². The van der Waals surface area contributed by atoms with Crippen LogP contribution in [0.25, 0.3) is 0 Å². The fraction of sp³-hybridized carbons (Fsp3) is 0.167. The number of hydrogen-bond donors (Lipinski definition) is 1. The number of rotatable bonds is 1. The summed E-state index contributed by atoms with van der Waals surface area (Å²) in [4.78, 5) is 10.4. The molecule has 0 unspecified atom stereocenters. The van der Waals surface area contributed by atoms with Crippen LogP contribution in [0.4, 0.5) is 0 Å². The zero-order chi connectivity index (χ0) is 8.43. The molecular formula is C6H5Cl2NO2. The van der Waals surface area contributed by atoms with Crippen LogP contribution in [0.3, 0.4) is 0 Å². The highest BCUT2D eigenvalue weighted by atomic mass is 35.5. The van der Waals surface area contributed by atoms with Crippen molar-refractivity contribution in [1.29, 1.82) is 0 Å². The quantitative estimate of drug-likeness (QED) is 0.508. The van der Waals surface area contributed by atoms with Gasteiger partial charge in [-0.05, 0) is 12.2 Å². The SMILES string of the molecule is O=C(O)C1=CCN(Cl)C(Cl)=C1. The van der Waals surface area contributed by atoms with Crippen LogP contribution in [0.2, 0.25) is 0 Å². The monoisotopic (exact) mass is 193 g/mol. The first kappa shape index (κ1) is 8.43. The molecule has 0 atom stereocenters. The van der Waals surface area contributed by atoms with E-state index < -0.39 is 5.97 Å². The molecule has 0 bridgehead atoms. The van der Waals surface area contributed by atoms with Crippen molar-refractivity contribution >= 4 is 29.3 Å². The second-order valence-corrected chi connectivity index (χ2v) is 2.77. The largest absolute Gasteiger partial charge is 0.478 e. The molecule has 0 radical (unpaired) electrons. The standard InChI is InChI=1S/C6H5Cl2NO2/c7-5-3-4(6(10)11)1-2-9(5)8/h1,3H,2H2,(H,10,11). The second kappa shape index (κ2) is 3.15. The molecule has 1 aliphatic heterocycles. The van der Waals surface area contributed by atoms with E-state index in [0.29, 0.717) is 6.54 Å². The number of aliphatic carboxylic acids is 1. The van der Waals surface area contributed by atoms with Crippen molar-refractivity contribution in [2.45, 2.75) is 0 Å². The van der Waals surface area contributed by atoms with E-state index >= 15 is 0 Å². The van der Waals surface area contributed by atoms with Gasteiger partial charge in [-0.1, -0.05) is 11.6 Å². The molecule has 1 aliphatic rings. The Hall–Kier alpha value is -0.670. The lowest BCUT2D eigenvalue weighted by Gasteiger charge is -2.16. The molecule has 1 N–H and O–H groups in total. The number of nitrogens with zero attached hydrogens (tertiary/aromatic N) is 1. The summed E-state index contributed by atoms with van der Waals surface area (Å²) in [5.74, 6) is -0.993. The molecule has 0 fully saturated rings. The average molecular weight is 194 g/mol. The third-order valence-corrected chi connectivity index (χ3v) is 1.94. The number of carboxylic acids is 1.